The lowest BCUT2D eigenvalue weighted by atomic mass is 10.0. The summed E-state index contributed by atoms with van der Waals surface area (Å²) in [4.78, 5) is 13.3. The molecule has 37 heavy (non-hydrogen) atoms. The molecule has 10 nitrogen and oxygen atoms in total. The minimum Gasteiger partial charge on any atom is -0.479 e. The van der Waals surface area contributed by atoms with Gasteiger partial charge in [0.05, 0.1) is 37.5 Å². The third-order valence-corrected chi connectivity index (χ3v) is 7.24. The second-order valence-corrected chi connectivity index (χ2v) is 10.5. The zero-order chi connectivity index (χ0) is 26.5. The number of hydrogen-bond donors (Lipinski definition) is 0. The van der Waals surface area contributed by atoms with E-state index in [4.69, 9.17) is 4.74 Å². The number of pyridine rings is 1. The zero-order valence-corrected chi connectivity index (χ0v) is 20.8. The van der Waals surface area contributed by atoms with Crippen LogP contribution in [0.1, 0.15) is 28.7 Å². The molecule has 0 radical (unpaired) electrons. The molecule has 0 spiro atoms. The number of ether oxygens (including phenoxy) is 1. The summed E-state index contributed by atoms with van der Waals surface area (Å²) in [5.74, 6) is 0.815. The van der Waals surface area contributed by atoms with Gasteiger partial charge >= 0.3 is 6.18 Å². The Bertz CT molecular complexity index is 1560. The van der Waals surface area contributed by atoms with Crippen LogP contribution in [0.5, 0.6) is 5.88 Å². The molecule has 0 fully saturated rings. The molecule has 4 heterocycles. The van der Waals surface area contributed by atoms with Gasteiger partial charge in [-0.3, -0.25) is 0 Å². The van der Waals surface area contributed by atoms with Crippen LogP contribution < -0.4 is 4.74 Å². The highest BCUT2D eigenvalue weighted by Gasteiger charge is 2.38. The Labute approximate surface area is 210 Å². The number of imidazole rings is 1. The topological polar surface area (TPSA) is 108 Å². The number of nitrogens with zero attached hydrogens (tertiary/aromatic N) is 7. The molecule has 3 aromatic heterocycles. The summed E-state index contributed by atoms with van der Waals surface area (Å²) < 4.78 is 74.5. The second kappa shape index (κ2) is 8.95. The predicted molar refractivity (Wildman–Crippen MR) is 127 cm³/mol. The molecule has 1 unspecified atom stereocenters. The number of halogens is 3. The number of alkyl halides is 3. The lowest BCUT2D eigenvalue weighted by molar-refractivity contribution is -0.137. The van der Waals surface area contributed by atoms with Crippen LogP contribution in [0.15, 0.2) is 48.9 Å². The maximum atomic E-state index is 13.1. The summed E-state index contributed by atoms with van der Waals surface area (Å²) in [6, 6.07) is 6.90. The van der Waals surface area contributed by atoms with E-state index in [0.29, 0.717) is 22.8 Å². The molecule has 0 bridgehead atoms. The fourth-order valence-corrected chi connectivity index (χ4v) is 5.28. The van der Waals surface area contributed by atoms with Gasteiger partial charge in [-0.25, -0.2) is 28.1 Å². The average molecular weight is 534 g/mol. The molecule has 14 heteroatoms. The van der Waals surface area contributed by atoms with Gasteiger partial charge in [-0.1, -0.05) is 12.1 Å². The largest absolute Gasteiger partial charge is 0.479 e. The normalized spacial score (nSPS) is 16.5. The second-order valence-electron chi connectivity index (χ2n) is 8.56. The van der Waals surface area contributed by atoms with Gasteiger partial charge in [0.1, 0.15) is 17.4 Å². The lowest BCUT2D eigenvalue weighted by Gasteiger charge is -2.33. The van der Waals surface area contributed by atoms with E-state index in [0.717, 1.165) is 24.1 Å². The van der Waals surface area contributed by atoms with Gasteiger partial charge in [0, 0.05) is 12.7 Å². The van der Waals surface area contributed by atoms with E-state index in [9.17, 15) is 21.6 Å². The third kappa shape index (κ3) is 4.69. The highest BCUT2D eigenvalue weighted by Crippen LogP contribution is 2.36. The van der Waals surface area contributed by atoms with Crippen LogP contribution in [0, 0.1) is 6.92 Å². The van der Waals surface area contributed by atoms with E-state index in [1.807, 2.05) is 13.1 Å². The molecular weight excluding hydrogens is 511 g/mol. The maximum Gasteiger partial charge on any atom is 0.416 e. The highest BCUT2D eigenvalue weighted by atomic mass is 32.2. The summed E-state index contributed by atoms with van der Waals surface area (Å²) in [5, 5.41) is 4.52. The fourth-order valence-electron chi connectivity index (χ4n) is 4.27. The summed E-state index contributed by atoms with van der Waals surface area (Å²) >= 11 is 0. The predicted octanol–water partition coefficient (Wildman–Crippen LogP) is 3.23. The summed E-state index contributed by atoms with van der Waals surface area (Å²) in [5.41, 5.74) is 1.37. The Kier molecular flexibility index (Phi) is 6.02. The Morgan fingerprint density at radius 3 is 2.38 bits per heavy atom. The molecular formula is C23H22F3N7O3S. The first-order valence-electron chi connectivity index (χ1n) is 11.1. The van der Waals surface area contributed by atoms with Crippen LogP contribution in [0.4, 0.5) is 13.2 Å². The van der Waals surface area contributed by atoms with Crippen molar-refractivity contribution in [3.05, 3.63) is 71.6 Å². The van der Waals surface area contributed by atoms with Crippen molar-refractivity contribution in [1.29, 1.82) is 0 Å². The van der Waals surface area contributed by atoms with Crippen LogP contribution in [0.3, 0.4) is 0 Å². The monoisotopic (exact) mass is 533 g/mol. The first-order valence-corrected chi connectivity index (χ1v) is 13.0. The Hall–Kier alpha value is -3.78. The molecule has 1 aliphatic rings. The lowest BCUT2D eigenvalue weighted by Crippen LogP contribution is -2.42. The van der Waals surface area contributed by atoms with Gasteiger partial charge in [0.2, 0.25) is 15.9 Å². The minimum atomic E-state index is -4.51. The van der Waals surface area contributed by atoms with Crippen molar-refractivity contribution in [2.45, 2.75) is 25.7 Å². The minimum absolute atomic E-state index is 0.0794. The van der Waals surface area contributed by atoms with E-state index in [2.05, 4.69) is 20.1 Å². The summed E-state index contributed by atoms with van der Waals surface area (Å²) in [7, 11) is -2.24. The molecule has 0 saturated heterocycles. The molecule has 0 amide bonds. The van der Waals surface area contributed by atoms with Gasteiger partial charge in [-0.2, -0.15) is 17.5 Å². The van der Waals surface area contributed by atoms with E-state index in [-0.39, 0.29) is 24.7 Å². The summed E-state index contributed by atoms with van der Waals surface area (Å²) in [6.07, 6.45) is -0.00114. The number of aromatic nitrogens is 6. The number of fused-ring (bicyclic) bond motifs is 1. The van der Waals surface area contributed by atoms with Crippen molar-refractivity contribution >= 4 is 10.0 Å². The number of methoxy groups -OCH3 is 1. The van der Waals surface area contributed by atoms with Crippen molar-refractivity contribution in [2.24, 2.45) is 0 Å². The van der Waals surface area contributed by atoms with Gasteiger partial charge in [0.15, 0.2) is 11.6 Å². The Morgan fingerprint density at radius 1 is 1.05 bits per heavy atom. The molecule has 5 rings (SSSR count). The van der Waals surface area contributed by atoms with Crippen molar-refractivity contribution < 1.29 is 26.3 Å². The van der Waals surface area contributed by atoms with Crippen LogP contribution in [0.2, 0.25) is 0 Å². The van der Waals surface area contributed by atoms with Gasteiger partial charge in [0.25, 0.3) is 0 Å². The van der Waals surface area contributed by atoms with Crippen LogP contribution >= 0.6 is 0 Å². The number of aryl methyl sites for hydroxylation is 1. The number of rotatable bonds is 5. The van der Waals surface area contributed by atoms with Crippen LogP contribution in [-0.2, 0) is 22.7 Å². The average Bonchev–Trinajstić information content (AvgIpc) is 3.48. The molecule has 194 valence electrons. The molecule has 0 aliphatic carbocycles. The fraction of sp³-hybridized carbons (Fsp3) is 0.304. The smallest absolute Gasteiger partial charge is 0.416 e. The first kappa shape index (κ1) is 24.9. The zero-order valence-electron chi connectivity index (χ0n) is 20.0. The van der Waals surface area contributed by atoms with E-state index in [1.54, 1.807) is 27.7 Å². The van der Waals surface area contributed by atoms with E-state index >= 15 is 0 Å². The Balaban J connectivity index is 1.57. The standard InChI is InChI=1S/C23H22F3N7O3S/c1-14-12-31(13-27-14)18-9-8-17(28-22(18)36-2)20-29-21-19(15-4-6-16(7-5-15)23(24,25)26)33(37(3,34)35)11-10-32(21)30-20/h4-9,12-13,19H,10-11H2,1-3H3. The van der Waals surface area contributed by atoms with Crippen LogP contribution in [-0.4, -0.2) is 61.9 Å². The molecule has 0 saturated carbocycles. The summed E-state index contributed by atoms with van der Waals surface area (Å²) in [6.45, 7) is 2.16. The highest BCUT2D eigenvalue weighted by molar-refractivity contribution is 7.88. The van der Waals surface area contributed by atoms with E-state index in [1.165, 1.54) is 23.5 Å². The molecule has 0 N–H and O–H groups in total. The van der Waals surface area contributed by atoms with Crippen molar-refractivity contribution in [1.82, 2.24) is 33.6 Å². The van der Waals surface area contributed by atoms with Gasteiger partial charge < -0.3 is 9.30 Å². The van der Waals surface area contributed by atoms with Crippen LogP contribution in [0.25, 0.3) is 17.2 Å². The molecule has 1 aliphatic heterocycles. The van der Waals surface area contributed by atoms with Crippen molar-refractivity contribution in [3.8, 4) is 23.1 Å². The third-order valence-electron chi connectivity index (χ3n) is 6.00. The maximum absolute atomic E-state index is 13.1. The molecule has 4 aromatic rings. The quantitative estimate of drug-likeness (QED) is 0.388. The van der Waals surface area contributed by atoms with Gasteiger partial charge in [-0.15, -0.1) is 5.10 Å². The first-order chi connectivity index (χ1) is 17.5. The number of sulfonamides is 1. The molecule has 1 aromatic carbocycles. The number of hydrogen-bond acceptors (Lipinski definition) is 7. The van der Waals surface area contributed by atoms with Crippen molar-refractivity contribution in [2.75, 3.05) is 19.9 Å². The SMILES string of the molecule is COc1nc(-c2nc3n(n2)CCN(S(C)(=O)=O)C3c2ccc(C(F)(F)F)cc2)ccc1-n1cnc(C)c1. The van der Waals surface area contributed by atoms with E-state index < -0.39 is 27.8 Å². The van der Waals surface area contributed by atoms with Crippen molar-refractivity contribution in [3.63, 3.8) is 0 Å². The Morgan fingerprint density at radius 2 is 1.78 bits per heavy atom. The number of benzene rings is 1. The molecule has 1 atom stereocenters. The van der Waals surface area contributed by atoms with Gasteiger partial charge in [-0.05, 0) is 36.8 Å².